The van der Waals surface area contributed by atoms with Gasteiger partial charge < -0.3 is 15.3 Å². The largest absolute Gasteiger partial charge is 0.339 e. The summed E-state index contributed by atoms with van der Waals surface area (Å²) in [6.07, 6.45) is 1.78. The number of rotatable bonds is 3. The molecule has 1 aliphatic heterocycles. The molecule has 0 aliphatic carbocycles. The number of hydrogen-bond donors (Lipinski definition) is 1. The Morgan fingerprint density at radius 3 is 2.67 bits per heavy atom. The van der Waals surface area contributed by atoms with Crippen LogP contribution in [-0.4, -0.2) is 17.9 Å². The Morgan fingerprint density at radius 2 is 2.06 bits per heavy atom. The normalized spacial score (nSPS) is 30.3. The van der Waals surface area contributed by atoms with E-state index in [9.17, 15) is 0 Å². The molecule has 3 atom stereocenters. The van der Waals surface area contributed by atoms with Crippen molar-refractivity contribution in [1.82, 2.24) is 0 Å². The number of nitrogens with two attached hydrogens (primary N) is 1. The van der Waals surface area contributed by atoms with Crippen LogP contribution in [0.15, 0.2) is 48.1 Å². The van der Waals surface area contributed by atoms with Gasteiger partial charge in [0.1, 0.15) is 12.2 Å². The van der Waals surface area contributed by atoms with Crippen LogP contribution in [0.3, 0.4) is 0 Å². The first kappa shape index (κ1) is 12.8. The maximum absolute atomic E-state index is 5.88. The van der Waals surface area contributed by atoms with Gasteiger partial charge in [0.15, 0.2) is 6.29 Å². The zero-order chi connectivity index (χ0) is 13.0. The van der Waals surface area contributed by atoms with Crippen LogP contribution in [0.1, 0.15) is 25.2 Å². The number of hydrogen-bond acceptors (Lipinski definition) is 4. The number of ether oxygens (including phenoxy) is 2. The van der Waals surface area contributed by atoms with E-state index in [4.69, 9.17) is 15.3 Å². The smallest absolute Gasteiger partial charge is 0.185 e. The third kappa shape index (κ3) is 2.60. The molecule has 0 aromatic heterocycles. The number of hydrazone groups is 1. The summed E-state index contributed by atoms with van der Waals surface area (Å²) in [7, 11) is 0. The van der Waals surface area contributed by atoms with E-state index in [-0.39, 0.29) is 18.5 Å². The fourth-order valence-electron chi connectivity index (χ4n) is 2.05. The Hall–Kier alpha value is -1.65. The van der Waals surface area contributed by atoms with Crippen LogP contribution < -0.4 is 5.84 Å². The molecule has 1 aromatic carbocycles. The van der Waals surface area contributed by atoms with Gasteiger partial charge >= 0.3 is 0 Å². The summed E-state index contributed by atoms with van der Waals surface area (Å²) < 4.78 is 11.7. The van der Waals surface area contributed by atoms with Crippen molar-refractivity contribution in [2.75, 3.05) is 0 Å². The average Bonchev–Trinajstić information content (AvgIpc) is 2.40. The second-order valence-electron chi connectivity index (χ2n) is 4.22. The monoisotopic (exact) mass is 246 g/mol. The van der Waals surface area contributed by atoms with E-state index in [1.165, 1.54) is 0 Å². The highest BCUT2D eigenvalue weighted by atomic mass is 16.7. The Kier molecular flexibility index (Phi) is 4.12. The molecule has 0 bridgehead atoms. The summed E-state index contributed by atoms with van der Waals surface area (Å²) in [5.41, 5.74) is 1.72. The Balaban J connectivity index is 2.19. The van der Waals surface area contributed by atoms with Gasteiger partial charge in [-0.15, -0.1) is 6.58 Å². The summed E-state index contributed by atoms with van der Waals surface area (Å²) >= 11 is 0. The van der Waals surface area contributed by atoms with Gasteiger partial charge in [0.25, 0.3) is 0 Å². The lowest BCUT2D eigenvalue weighted by atomic mass is 10.0. The van der Waals surface area contributed by atoms with E-state index in [1.54, 1.807) is 6.08 Å². The molecule has 1 heterocycles. The average molecular weight is 246 g/mol. The molecule has 4 nitrogen and oxygen atoms in total. The predicted octanol–water partition coefficient (Wildman–Crippen LogP) is 2.38. The van der Waals surface area contributed by atoms with Gasteiger partial charge in [-0.2, -0.15) is 5.10 Å². The van der Waals surface area contributed by atoms with E-state index in [2.05, 4.69) is 11.7 Å². The Morgan fingerprint density at radius 1 is 1.33 bits per heavy atom. The van der Waals surface area contributed by atoms with Crippen molar-refractivity contribution in [3.63, 3.8) is 0 Å². The highest BCUT2D eigenvalue weighted by molar-refractivity contribution is 5.92. The molecule has 1 unspecified atom stereocenters. The molecule has 0 amide bonds. The lowest BCUT2D eigenvalue weighted by Gasteiger charge is -2.35. The van der Waals surface area contributed by atoms with Crippen LogP contribution in [0.2, 0.25) is 0 Å². The highest BCUT2D eigenvalue weighted by Crippen LogP contribution is 2.29. The van der Waals surface area contributed by atoms with Gasteiger partial charge in [0, 0.05) is 5.56 Å². The third-order valence-electron chi connectivity index (χ3n) is 2.96. The molecule has 2 N–H and O–H groups in total. The second-order valence-corrected chi connectivity index (χ2v) is 4.22. The minimum absolute atomic E-state index is 0.154. The maximum Gasteiger partial charge on any atom is 0.185 e. The van der Waals surface area contributed by atoms with Crippen LogP contribution in [-0.2, 0) is 9.47 Å². The van der Waals surface area contributed by atoms with Crippen LogP contribution in [0.4, 0.5) is 0 Å². The standard InChI is InChI=1S/C14H18N2O2/c1-3-7-12-13(16-15)10(2)17-14(18-12)11-8-5-4-6-9-11/h3-6,8-10,12,14H,1,7,15H2,2H3/b16-13+/t10?,12-,14-/m0/s1. The Bertz CT molecular complexity index is 431. The maximum atomic E-state index is 5.88. The summed E-state index contributed by atoms with van der Waals surface area (Å²) in [4.78, 5) is 0. The minimum atomic E-state index is -0.378. The van der Waals surface area contributed by atoms with Crippen molar-refractivity contribution < 1.29 is 9.47 Å². The summed E-state index contributed by atoms with van der Waals surface area (Å²) in [5.74, 6) is 5.39. The van der Waals surface area contributed by atoms with Crippen molar-refractivity contribution in [2.45, 2.75) is 31.8 Å². The van der Waals surface area contributed by atoms with Gasteiger partial charge in [0.05, 0.1) is 5.71 Å². The fraction of sp³-hybridized carbons (Fsp3) is 0.357. The molecular formula is C14H18N2O2. The molecule has 0 radical (unpaired) electrons. The van der Waals surface area contributed by atoms with Gasteiger partial charge in [-0.3, -0.25) is 0 Å². The molecule has 1 aromatic rings. The second kappa shape index (κ2) is 5.80. The number of benzene rings is 1. The van der Waals surface area contributed by atoms with Crippen molar-refractivity contribution >= 4 is 5.71 Å². The molecule has 4 heteroatoms. The van der Waals surface area contributed by atoms with Crippen LogP contribution in [0, 0.1) is 0 Å². The SMILES string of the molecule is C=CC[C@@H]1O[C@@H](c2ccccc2)OC(C)/C1=N\N. The van der Waals surface area contributed by atoms with E-state index in [1.807, 2.05) is 37.3 Å². The first-order valence-electron chi connectivity index (χ1n) is 6.00. The van der Waals surface area contributed by atoms with Crippen molar-refractivity contribution in [3.05, 3.63) is 48.6 Å². The topological polar surface area (TPSA) is 56.8 Å². The van der Waals surface area contributed by atoms with E-state index in [0.717, 1.165) is 11.3 Å². The van der Waals surface area contributed by atoms with Crippen molar-refractivity contribution in [3.8, 4) is 0 Å². The zero-order valence-electron chi connectivity index (χ0n) is 10.5. The van der Waals surface area contributed by atoms with E-state index in [0.29, 0.717) is 6.42 Å². The lowest BCUT2D eigenvalue weighted by Crippen LogP contribution is -2.42. The quantitative estimate of drug-likeness (QED) is 0.506. The number of nitrogens with zero attached hydrogens (tertiary/aromatic N) is 1. The van der Waals surface area contributed by atoms with Gasteiger partial charge in [-0.1, -0.05) is 36.4 Å². The van der Waals surface area contributed by atoms with Crippen LogP contribution in [0.25, 0.3) is 0 Å². The molecule has 96 valence electrons. The molecule has 1 saturated heterocycles. The lowest BCUT2D eigenvalue weighted by molar-refractivity contribution is -0.192. The molecule has 0 spiro atoms. The summed E-state index contributed by atoms with van der Waals surface area (Å²) in [5, 5.41) is 3.78. The molecule has 2 rings (SSSR count). The highest BCUT2D eigenvalue weighted by Gasteiger charge is 2.33. The molecule has 0 saturated carbocycles. The fourth-order valence-corrected chi connectivity index (χ4v) is 2.05. The first-order valence-corrected chi connectivity index (χ1v) is 6.00. The van der Waals surface area contributed by atoms with Crippen LogP contribution >= 0.6 is 0 Å². The van der Waals surface area contributed by atoms with E-state index < -0.39 is 0 Å². The van der Waals surface area contributed by atoms with E-state index >= 15 is 0 Å². The minimum Gasteiger partial charge on any atom is -0.339 e. The molecule has 18 heavy (non-hydrogen) atoms. The molecule has 1 fully saturated rings. The molecular weight excluding hydrogens is 228 g/mol. The zero-order valence-corrected chi connectivity index (χ0v) is 10.5. The van der Waals surface area contributed by atoms with Crippen molar-refractivity contribution in [2.24, 2.45) is 10.9 Å². The van der Waals surface area contributed by atoms with Crippen molar-refractivity contribution in [1.29, 1.82) is 0 Å². The van der Waals surface area contributed by atoms with Gasteiger partial charge in [-0.25, -0.2) is 0 Å². The Labute approximate surface area is 107 Å². The van der Waals surface area contributed by atoms with Gasteiger partial charge in [0.2, 0.25) is 0 Å². The van der Waals surface area contributed by atoms with Crippen LogP contribution in [0.5, 0.6) is 0 Å². The van der Waals surface area contributed by atoms with Gasteiger partial charge in [-0.05, 0) is 13.3 Å². The summed E-state index contributed by atoms with van der Waals surface area (Å²) in [6, 6.07) is 9.84. The molecule has 1 aliphatic rings. The first-order chi connectivity index (χ1) is 8.76. The summed E-state index contributed by atoms with van der Waals surface area (Å²) in [6.45, 7) is 5.66. The predicted molar refractivity (Wildman–Crippen MR) is 71.0 cm³/mol. The third-order valence-corrected chi connectivity index (χ3v) is 2.96.